The molecule has 1 aliphatic rings. The van der Waals surface area contributed by atoms with Gasteiger partial charge in [-0.15, -0.1) is 0 Å². The number of benzene rings is 1. The number of rotatable bonds is 4. The summed E-state index contributed by atoms with van der Waals surface area (Å²) >= 11 is 1.64. The Kier molecular flexibility index (Phi) is 5.12. The summed E-state index contributed by atoms with van der Waals surface area (Å²) in [6.07, 6.45) is 2.33. The van der Waals surface area contributed by atoms with E-state index in [1.54, 1.807) is 11.8 Å². The quantitative estimate of drug-likeness (QED) is 0.892. The van der Waals surface area contributed by atoms with Crippen molar-refractivity contribution >= 4 is 23.8 Å². The monoisotopic (exact) mass is 308 g/mol. The van der Waals surface area contributed by atoms with Crippen LogP contribution in [0.4, 0.5) is 4.79 Å². The minimum absolute atomic E-state index is 0.0131. The molecule has 0 radical (unpaired) electrons. The predicted molar refractivity (Wildman–Crippen MR) is 83.5 cm³/mol. The summed E-state index contributed by atoms with van der Waals surface area (Å²) in [5.41, 5.74) is 2.02. The highest BCUT2D eigenvalue weighted by molar-refractivity contribution is 7.98. The molecule has 1 aromatic rings. The van der Waals surface area contributed by atoms with Gasteiger partial charge in [0.15, 0.2) is 0 Å². The van der Waals surface area contributed by atoms with Crippen LogP contribution in [0.5, 0.6) is 0 Å². The van der Waals surface area contributed by atoms with E-state index in [9.17, 15) is 14.7 Å². The SMILES string of the molecule is CSCC(C)NC(=O)N1Cc2ccccc2CC1C(=O)O. The molecule has 0 saturated heterocycles. The molecule has 2 rings (SSSR count). The lowest BCUT2D eigenvalue weighted by atomic mass is 9.94. The second-order valence-electron chi connectivity index (χ2n) is 5.26. The number of nitrogens with zero attached hydrogens (tertiary/aromatic N) is 1. The summed E-state index contributed by atoms with van der Waals surface area (Å²) in [5, 5.41) is 12.3. The maximum absolute atomic E-state index is 12.4. The van der Waals surface area contributed by atoms with Crippen LogP contribution in [0.1, 0.15) is 18.1 Å². The average Bonchev–Trinajstić information content (AvgIpc) is 2.45. The van der Waals surface area contributed by atoms with E-state index in [-0.39, 0.29) is 12.1 Å². The zero-order chi connectivity index (χ0) is 15.4. The summed E-state index contributed by atoms with van der Waals surface area (Å²) in [6, 6.07) is 6.58. The maximum atomic E-state index is 12.4. The normalized spacial score (nSPS) is 18.8. The van der Waals surface area contributed by atoms with Crippen LogP contribution < -0.4 is 5.32 Å². The van der Waals surface area contributed by atoms with Gasteiger partial charge in [-0.1, -0.05) is 24.3 Å². The van der Waals surface area contributed by atoms with Crippen LogP contribution in [-0.4, -0.2) is 46.1 Å². The Balaban J connectivity index is 2.16. The van der Waals surface area contributed by atoms with Gasteiger partial charge in [-0.25, -0.2) is 9.59 Å². The molecule has 2 atom stereocenters. The van der Waals surface area contributed by atoms with Gasteiger partial charge in [0.05, 0.1) is 0 Å². The number of carbonyl (C=O) groups excluding carboxylic acids is 1. The number of hydrogen-bond acceptors (Lipinski definition) is 3. The number of fused-ring (bicyclic) bond motifs is 1. The minimum Gasteiger partial charge on any atom is -0.480 e. The number of nitrogens with one attached hydrogen (secondary N) is 1. The van der Waals surface area contributed by atoms with Crippen LogP contribution in [0.25, 0.3) is 0 Å². The van der Waals surface area contributed by atoms with Gasteiger partial charge in [0, 0.05) is 24.8 Å². The zero-order valence-corrected chi connectivity index (χ0v) is 13.0. The third-order valence-corrected chi connectivity index (χ3v) is 4.41. The van der Waals surface area contributed by atoms with Gasteiger partial charge >= 0.3 is 12.0 Å². The molecule has 114 valence electrons. The summed E-state index contributed by atoms with van der Waals surface area (Å²) < 4.78 is 0. The van der Waals surface area contributed by atoms with Gasteiger partial charge in [0.25, 0.3) is 0 Å². The zero-order valence-electron chi connectivity index (χ0n) is 12.2. The highest BCUT2D eigenvalue weighted by atomic mass is 32.2. The number of carboxylic acids is 1. The number of carboxylic acid groups (broad SMARTS) is 1. The molecule has 1 aromatic carbocycles. The number of amides is 2. The number of hydrogen-bond donors (Lipinski definition) is 2. The molecule has 2 amide bonds. The second kappa shape index (κ2) is 6.85. The molecule has 0 spiro atoms. The Bertz CT molecular complexity index is 535. The van der Waals surface area contributed by atoms with Crippen molar-refractivity contribution in [2.45, 2.75) is 32.0 Å². The van der Waals surface area contributed by atoms with Crippen molar-refractivity contribution in [3.63, 3.8) is 0 Å². The number of thioether (sulfide) groups is 1. The average molecular weight is 308 g/mol. The third kappa shape index (κ3) is 3.69. The van der Waals surface area contributed by atoms with Gasteiger partial charge < -0.3 is 15.3 Å². The summed E-state index contributed by atoms with van der Waals surface area (Å²) in [4.78, 5) is 25.2. The summed E-state index contributed by atoms with van der Waals surface area (Å²) in [6.45, 7) is 2.26. The van der Waals surface area contributed by atoms with Crippen LogP contribution in [0.3, 0.4) is 0 Å². The Morgan fingerprint density at radius 1 is 1.43 bits per heavy atom. The topological polar surface area (TPSA) is 69.6 Å². The van der Waals surface area contributed by atoms with E-state index in [1.165, 1.54) is 4.90 Å². The molecule has 0 bridgehead atoms. The molecule has 2 N–H and O–H groups in total. The first-order chi connectivity index (χ1) is 10.0. The number of aliphatic carboxylic acids is 1. The van der Waals surface area contributed by atoms with Crippen LogP contribution in [0.15, 0.2) is 24.3 Å². The largest absolute Gasteiger partial charge is 0.480 e. The van der Waals surface area contributed by atoms with Crippen molar-refractivity contribution in [3.8, 4) is 0 Å². The van der Waals surface area contributed by atoms with Crippen molar-refractivity contribution in [1.29, 1.82) is 0 Å². The first-order valence-electron chi connectivity index (χ1n) is 6.88. The van der Waals surface area contributed by atoms with E-state index in [4.69, 9.17) is 0 Å². The summed E-state index contributed by atoms with van der Waals surface area (Å²) in [5.74, 6) is -0.161. The lowest BCUT2D eigenvalue weighted by Crippen LogP contribution is -2.54. The fraction of sp³-hybridized carbons (Fsp3) is 0.467. The van der Waals surface area contributed by atoms with Crippen LogP contribution in [-0.2, 0) is 17.8 Å². The Labute approximate surface area is 128 Å². The Morgan fingerprint density at radius 2 is 2.10 bits per heavy atom. The van der Waals surface area contributed by atoms with E-state index in [2.05, 4.69) is 5.32 Å². The lowest BCUT2D eigenvalue weighted by Gasteiger charge is -2.35. The Morgan fingerprint density at radius 3 is 2.71 bits per heavy atom. The molecule has 2 unspecified atom stereocenters. The van der Waals surface area contributed by atoms with E-state index >= 15 is 0 Å². The van der Waals surface area contributed by atoms with Crippen LogP contribution in [0.2, 0.25) is 0 Å². The molecule has 1 aliphatic heterocycles. The van der Waals surface area contributed by atoms with Crippen molar-refractivity contribution in [3.05, 3.63) is 35.4 Å². The highest BCUT2D eigenvalue weighted by Crippen LogP contribution is 2.23. The van der Waals surface area contributed by atoms with E-state index in [0.29, 0.717) is 13.0 Å². The van der Waals surface area contributed by atoms with Crippen LogP contribution >= 0.6 is 11.8 Å². The number of urea groups is 1. The minimum atomic E-state index is -0.961. The molecule has 5 nitrogen and oxygen atoms in total. The standard InChI is InChI=1S/C15H20N2O3S/c1-10(9-21-2)16-15(20)17-8-12-6-4-3-5-11(12)7-13(17)14(18)19/h3-6,10,13H,7-9H2,1-2H3,(H,16,20)(H,18,19). The van der Waals surface area contributed by atoms with E-state index in [0.717, 1.165) is 16.9 Å². The van der Waals surface area contributed by atoms with E-state index < -0.39 is 12.0 Å². The van der Waals surface area contributed by atoms with Gasteiger partial charge in [0.2, 0.25) is 0 Å². The molecule has 6 heteroatoms. The molecule has 0 saturated carbocycles. The molecule has 1 heterocycles. The molecule has 21 heavy (non-hydrogen) atoms. The van der Waals surface area contributed by atoms with Gasteiger partial charge in [-0.05, 0) is 24.3 Å². The van der Waals surface area contributed by atoms with Gasteiger partial charge in [-0.2, -0.15) is 11.8 Å². The molecular formula is C15H20N2O3S. The van der Waals surface area contributed by atoms with Gasteiger partial charge in [0.1, 0.15) is 6.04 Å². The first kappa shape index (κ1) is 15.7. The molecular weight excluding hydrogens is 288 g/mol. The molecule has 0 aromatic heterocycles. The van der Waals surface area contributed by atoms with Crippen LogP contribution in [0, 0.1) is 0 Å². The second-order valence-corrected chi connectivity index (χ2v) is 6.17. The molecule has 0 aliphatic carbocycles. The first-order valence-corrected chi connectivity index (χ1v) is 8.28. The fourth-order valence-corrected chi connectivity index (χ4v) is 3.13. The van der Waals surface area contributed by atoms with Crippen molar-refractivity contribution in [2.24, 2.45) is 0 Å². The van der Waals surface area contributed by atoms with Crippen molar-refractivity contribution in [1.82, 2.24) is 10.2 Å². The maximum Gasteiger partial charge on any atom is 0.326 e. The third-order valence-electron chi connectivity index (χ3n) is 3.58. The van der Waals surface area contributed by atoms with Crippen molar-refractivity contribution < 1.29 is 14.7 Å². The van der Waals surface area contributed by atoms with E-state index in [1.807, 2.05) is 37.4 Å². The number of carbonyl (C=O) groups is 2. The Hall–Kier alpha value is -1.69. The highest BCUT2D eigenvalue weighted by Gasteiger charge is 2.34. The fourth-order valence-electron chi connectivity index (χ4n) is 2.54. The van der Waals surface area contributed by atoms with Crippen molar-refractivity contribution in [2.75, 3.05) is 12.0 Å². The summed E-state index contributed by atoms with van der Waals surface area (Å²) in [7, 11) is 0. The molecule has 0 fully saturated rings. The van der Waals surface area contributed by atoms with Gasteiger partial charge in [-0.3, -0.25) is 0 Å². The predicted octanol–water partition coefficient (Wildman–Crippen LogP) is 1.96. The smallest absolute Gasteiger partial charge is 0.326 e. The lowest BCUT2D eigenvalue weighted by molar-refractivity contribution is -0.142.